The van der Waals surface area contributed by atoms with Crippen LogP contribution in [-0.2, 0) is 0 Å². The Balaban J connectivity index is 1.45. The normalized spacial score (nSPS) is 11.0. The van der Waals surface area contributed by atoms with Gasteiger partial charge in [0.05, 0.1) is 0 Å². The molecule has 2 amide bonds. The molecule has 36 heavy (non-hydrogen) atoms. The first-order valence-corrected chi connectivity index (χ1v) is 14.1. The molecule has 4 heteroatoms. The Hall–Kier alpha value is -2.88. The first-order valence-electron chi connectivity index (χ1n) is 14.1. The number of amides is 2. The number of anilines is 1. The first kappa shape index (κ1) is 29.4. The van der Waals surface area contributed by atoms with Crippen LogP contribution in [0.1, 0.15) is 118 Å². The maximum Gasteiger partial charge on any atom is 0.258 e. The highest BCUT2D eigenvalue weighted by atomic mass is 16.2. The summed E-state index contributed by atoms with van der Waals surface area (Å²) < 4.78 is 0. The van der Waals surface area contributed by atoms with E-state index in [2.05, 4.69) is 29.7 Å². The van der Waals surface area contributed by atoms with Crippen molar-refractivity contribution in [2.24, 2.45) is 0 Å². The second-order valence-electron chi connectivity index (χ2n) is 9.59. The molecule has 4 nitrogen and oxygen atoms in total. The van der Waals surface area contributed by atoms with Crippen LogP contribution < -0.4 is 10.6 Å². The van der Waals surface area contributed by atoms with Gasteiger partial charge in [0.15, 0.2) is 0 Å². The van der Waals surface area contributed by atoms with E-state index in [-0.39, 0.29) is 11.8 Å². The summed E-state index contributed by atoms with van der Waals surface area (Å²) in [5.74, 6) is -0.772. The van der Waals surface area contributed by atoms with Gasteiger partial charge in [-0.25, -0.2) is 0 Å². The van der Waals surface area contributed by atoms with Gasteiger partial charge in [-0.3, -0.25) is 14.9 Å². The van der Waals surface area contributed by atoms with Gasteiger partial charge in [-0.15, -0.1) is 0 Å². The smallest absolute Gasteiger partial charge is 0.258 e. The predicted octanol–water partition coefficient (Wildman–Crippen LogP) is 8.71. The third-order valence-corrected chi connectivity index (χ3v) is 6.43. The topological polar surface area (TPSA) is 58.2 Å². The van der Waals surface area contributed by atoms with Gasteiger partial charge >= 0.3 is 0 Å². The molecule has 0 heterocycles. The number of nitrogens with one attached hydrogen (secondary N) is 2. The lowest BCUT2D eigenvalue weighted by molar-refractivity contribution is 0.0849. The second kappa shape index (κ2) is 19.3. The number of benzene rings is 2. The molecule has 0 saturated heterocycles. The summed E-state index contributed by atoms with van der Waals surface area (Å²) in [6.07, 6.45) is 23.1. The monoisotopic (exact) mass is 490 g/mol. The van der Waals surface area contributed by atoms with E-state index in [1.54, 1.807) is 36.4 Å². The molecular formula is C32H46N2O2. The lowest BCUT2D eigenvalue weighted by Gasteiger charge is -2.08. The van der Waals surface area contributed by atoms with Gasteiger partial charge in [0.2, 0.25) is 0 Å². The van der Waals surface area contributed by atoms with Crippen LogP contribution in [0.4, 0.5) is 5.69 Å². The lowest BCUT2D eigenvalue weighted by atomic mass is 10.1. The van der Waals surface area contributed by atoms with Crippen molar-refractivity contribution in [2.45, 2.75) is 96.8 Å². The zero-order valence-electron chi connectivity index (χ0n) is 22.3. The standard InChI is InChI=1S/C32H46N2O2/c1-2-3-4-5-6-7-8-9-10-11-12-13-14-15-16-20-27-33-30-25-23-29(24-26-30)32(36)34-31(35)28-21-18-17-19-22-28/h9-10,17-19,21-26,33H,2-8,11-16,20,27H2,1H3,(H,34,35,36)/b10-9+. The van der Waals surface area contributed by atoms with Crippen LogP contribution >= 0.6 is 0 Å². The Kier molecular flexibility index (Phi) is 15.8. The van der Waals surface area contributed by atoms with Crippen molar-refractivity contribution in [3.63, 3.8) is 0 Å². The highest BCUT2D eigenvalue weighted by molar-refractivity contribution is 6.10. The molecule has 2 N–H and O–H groups in total. The molecule has 2 rings (SSSR count). The summed E-state index contributed by atoms with van der Waals surface area (Å²) >= 11 is 0. The van der Waals surface area contributed by atoms with Crippen molar-refractivity contribution in [3.8, 4) is 0 Å². The molecule has 0 aliphatic heterocycles. The number of allylic oxidation sites excluding steroid dienone is 2. The van der Waals surface area contributed by atoms with Gasteiger partial charge in [0.1, 0.15) is 0 Å². The average Bonchev–Trinajstić information content (AvgIpc) is 2.91. The van der Waals surface area contributed by atoms with Crippen LogP contribution in [0.15, 0.2) is 66.7 Å². The van der Waals surface area contributed by atoms with E-state index < -0.39 is 0 Å². The Morgan fingerprint density at radius 3 is 1.69 bits per heavy atom. The van der Waals surface area contributed by atoms with Crippen molar-refractivity contribution >= 4 is 17.5 Å². The van der Waals surface area contributed by atoms with Crippen LogP contribution in [0.25, 0.3) is 0 Å². The molecule has 0 aliphatic rings. The van der Waals surface area contributed by atoms with Crippen molar-refractivity contribution in [1.29, 1.82) is 0 Å². The van der Waals surface area contributed by atoms with Gasteiger partial charge < -0.3 is 5.32 Å². The lowest BCUT2D eigenvalue weighted by Crippen LogP contribution is -2.30. The third kappa shape index (κ3) is 13.3. The van der Waals surface area contributed by atoms with Crippen LogP contribution in [0.2, 0.25) is 0 Å². The maximum atomic E-state index is 12.3. The molecule has 0 unspecified atom stereocenters. The van der Waals surface area contributed by atoms with Crippen LogP contribution in [-0.4, -0.2) is 18.4 Å². The number of carbonyl (C=O) groups excluding carboxylic acids is 2. The van der Waals surface area contributed by atoms with Crippen LogP contribution in [0.3, 0.4) is 0 Å². The van der Waals surface area contributed by atoms with Gasteiger partial charge in [-0.1, -0.05) is 95.1 Å². The minimum atomic E-state index is -0.386. The minimum Gasteiger partial charge on any atom is -0.385 e. The quantitative estimate of drug-likeness (QED) is 0.118. The van der Waals surface area contributed by atoms with Crippen molar-refractivity contribution in [1.82, 2.24) is 5.32 Å². The van der Waals surface area contributed by atoms with Crippen molar-refractivity contribution < 1.29 is 9.59 Å². The van der Waals surface area contributed by atoms with Crippen LogP contribution in [0.5, 0.6) is 0 Å². The Morgan fingerprint density at radius 1 is 0.611 bits per heavy atom. The number of carbonyl (C=O) groups is 2. The van der Waals surface area contributed by atoms with E-state index in [4.69, 9.17) is 0 Å². The summed E-state index contributed by atoms with van der Waals surface area (Å²) in [6.45, 7) is 3.20. The Morgan fingerprint density at radius 2 is 1.11 bits per heavy atom. The largest absolute Gasteiger partial charge is 0.385 e. The molecule has 0 saturated carbocycles. The summed E-state index contributed by atoms with van der Waals surface area (Å²) in [6, 6.07) is 16.0. The van der Waals surface area contributed by atoms with Gasteiger partial charge in [-0.2, -0.15) is 0 Å². The Bertz CT molecular complexity index is 875. The average molecular weight is 491 g/mol. The van der Waals surface area contributed by atoms with E-state index >= 15 is 0 Å². The number of unbranched alkanes of at least 4 members (excludes halogenated alkanes) is 12. The highest BCUT2D eigenvalue weighted by Crippen LogP contribution is 2.12. The summed E-state index contributed by atoms with van der Waals surface area (Å²) in [4.78, 5) is 24.4. The SMILES string of the molecule is CCCCCCCC/C=C/CCCCCCCCNc1ccc(C(=O)NC(=O)c2ccccc2)cc1. The molecule has 196 valence electrons. The third-order valence-electron chi connectivity index (χ3n) is 6.43. The summed E-state index contributed by atoms with van der Waals surface area (Å²) in [5.41, 5.74) is 1.94. The molecule has 0 radical (unpaired) electrons. The van der Waals surface area contributed by atoms with E-state index in [9.17, 15) is 9.59 Å². The first-order chi connectivity index (χ1) is 17.7. The molecule has 2 aromatic rings. The molecule has 0 spiro atoms. The highest BCUT2D eigenvalue weighted by Gasteiger charge is 2.11. The van der Waals surface area contributed by atoms with Gasteiger partial charge in [-0.05, 0) is 68.5 Å². The molecule has 0 bridgehead atoms. The molecule has 2 aromatic carbocycles. The molecule has 0 fully saturated rings. The fourth-order valence-corrected chi connectivity index (χ4v) is 4.18. The second-order valence-corrected chi connectivity index (χ2v) is 9.59. The van der Waals surface area contributed by atoms with E-state index in [0.717, 1.165) is 18.7 Å². The van der Waals surface area contributed by atoms with Gasteiger partial charge in [0.25, 0.3) is 11.8 Å². The van der Waals surface area contributed by atoms with E-state index in [0.29, 0.717) is 11.1 Å². The number of imide groups is 1. The van der Waals surface area contributed by atoms with Crippen molar-refractivity contribution in [2.75, 3.05) is 11.9 Å². The van der Waals surface area contributed by atoms with Gasteiger partial charge in [0, 0.05) is 23.4 Å². The minimum absolute atomic E-state index is 0.385. The zero-order valence-corrected chi connectivity index (χ0v) is 22.3. The molecule has 0 aromatic heterocycles. The maximum absolute atomic E-state index is 12.3. The zero-order chi connectivity index (χ0) is 25.7. The number of rotatable bonds is 19. The number of hydrogen-bond donors (Lipinski definition) is 2. The fourth-order valence-electron chi connectivity index (χ4n) is 4.18. The molecule has 0 atom stereocenters. The van der Waals surface area contributed by atoms with Crippen LogP contribution in [0, 0.1) is 0 Å². The van der Waals surface area contributed by atoms with E-state index in [1.807, 2.05) is 18.2 Å². The Labute approximate surface area is 219 Å². The molecular weight excluding hydrogens is 444 g/mol. The summed E-state index contributed by atoms with van der Waals surface area (Å²) in [7, 11) is 0. The van der Waals surface area contributed by atoms with Crippen molar-refractivity contribution in [3.05, 3.63) is 77.9 Å². The number of hydrogen-bond acceptors (Lipinski definition) is 3. The molecule has 0 aliphatic carbocycles. The fraction of sp³-hybridized carbons (Fsp3) is 0.500. The van der Waals surface area contributed by atoms with E-state index in [1.165, 1.54) is 83.5 Å². The predicted molar refractivity (Wildman–Crippen MR) is 153 cm³/mol. The summed E-state index contributed by atoms with van der Waals surface area (Å²) in [5, 5.41) is 5.85.